The maximum Gasteiger partial charge on any atom is 0.164 e. The first-order valence-electron chi connectivity index (χ1n) is 21.0. The van der Waals surface area contributed by atoms with E-state index in [1.54, 1.807) is 0 Å². The Morgan fingerprint density at radius 3 is 1.21 bits per heavy atom. The maximum atomic E-state index is 5.27. The number of rotatable bonds is 5. The third kappa shape index (κ3) is 5.18. The van der Waals surface area contributed by atoms with Gasteiger partial charge in [0.15, 0.2) is 17.5 Å². The van der Waals surface area contributed by atoms with Crippen molar-refractivity contribution < 1.29 is 0 Å². The lowest BCUT2D eigenvalue weighted by atomic mass is 9.91. The van der Waals surface area contributed by atoms with E-state index in [2.05, 4.69) is 185 Å². The third-order valence-electron chi connectivity index (χ3n) is 12.5. The van der Waals surface area contributed by atoms with Crippen LogP contribution in [-0.4, -0.2) is 24.1 Å². The minimum atomic E-state index is 0.616. The van der Waals surface area contributed by atoms with E-state index in [4.69, 9.17) is 15.0 Å². The Bertz CT molecular complexity index is 3810. The van der Waals surface area contributed by atoms with Crippen LogP contribution in [0.25, 0.3) is 121 Å². The summed E-state index contributed by atoms with van der Waals surface area (Å²) in [5.74, 6) is 1.88. The van der Waals surface area contributed by atoms with Gasteiger partial charge in [-0.2, -0.15) is 0 Å². The van der Waals surface area contributed by atoms with Gasteiger partial charge in [-0.15, -0.1) is 0 Å². The molecule has 3 aromatic heterocycles. The van der Waals surface area contributed by atoms with Gasteiger partial charge in [-0.1, -0.05) is 170 Å². The summed E-state index contributed by atoms with van der Waals surface area (Å²) in [5.41, 5.74) is 9.55. The van der Waals surface area contributed by atoms with E-state index in [0.29, 0.717) is 17.5 Å². The Morgan fingerprint density at radius 2 is 0.661 bits per heavy atom. The quantitative estimate of drug-likeness (QED) is 0.163. The van der Waals surface area contributed by atoms with Crippen LogP contribution in [0.3, 0.4) is 0 Å². The van der Waals surface area contributed by atoms with Gasteiger partial charge >= 0.3 is 0 Å². The van der Waals surface area contributed by atoms with Crippen LogP contribution in [-0.2, 0) is 0 Å². The summed E-state index contributed by atoms with van der Waals surface area (Å²) in [7, 11) is 0. The highest BCUT2D eigenvalue weighted by Gasteiger charge is 2.22. The first-order chi connectivity index (χ1) is 30.8. The largest absolute Gasteiger partial charge is 0.309 e. The molecule has 0 spiro atoms. The molecule has 0 radical (unpaired) electrons. The molecule has 5 nitrogen and oxygen atoms in total. The highest BCUT2D eigenvalue weighted by molar-refractivity contribution is 6.28. The Kier molecular flexibility index (Phi) is 7.54. The van der Waals surface area contributed by atoms with E-state index in [1.807, 2.05) is 36.4 Å². The molecule has 13 aromatic rings. The van der Waals surface area contributed by atoms with Crippen molar-refractivity contribution in [3.05, 3.63) is 212 Å². The molecule has 0 aliphatic heterocycles. The van der Waals surface area contributed by atoms with Gasteiger partial charge in [-0.25, -0.2) is 15.0 Å². The standard InChI is InChI=1S/C57H35N5/c1-3-17-36(18-4-1)55-58-56(37-19-5-2-6-20-37)60-57(59-55)38-33-48-42-23-8-7-21-40(42)41-22-9-10-27-47(41)54(48)53(34-38)62-51-30-16-13-26-45(51)46-32-31-39(35-52(46)62)61-49-28-14-11-24-43(49)44-25-12-15-29-50(44)61/h1-35H. The number of hydrogen-bond acceptors (Lipinski definition) is 3. The molecule has 5 heteroatoms. The molecule has 288 valence electrons. The molecule has 0 unspecified atom stereocenters. The lowest BCUT2D eigenvalue weighted by molar-refractivity contribution is 1.07. The summed E-state index contributed by atoms with van der Waals surface area (Å²) in [6.45, 7) is 0. The smallest absolute Gasteiger partial charge is 0.164 e. The molecular formula is C57H35N5. The van der Waals surface area contributed by atoms with Gasteiger partial charge in [-0.3, -0.25) is 0 Å². The van der Waals surface area contributed by atoms with Gasteiger partial charge in [0.05, 0.1) is 27.8 Å². The molecule has 10 aromatic carbocycles. The average Bonchev–Trinajstić information content (AvgIpc) is 3.86. The van der Waals surface area contributed by atoms with E-state index in [9.17, 15) is 0 Å². The molecule has 0 atom stereocenters. The van der Waals surface area contributed by atoms with Crippen LogP contribution in [0.2, 0.25) is 0 Å². The second-order valence-corrected chi connectivity index (χ2v) is 16.0. The lowest BCUT2D eigenvalue weighted by Gasteiger charge is -2.19. The Balaban J connectivity index is 1.18. The normalized spacial score (nSPS) is 11.9. The zero-order valence-corrected chi connectivity index (χ0v) is 33.4. The van der Waals surface area contributed by atoms with Crippen LogP contribution in [0.4, 0.5) is 0 Å². The summed E-state index contributed by atoms with van der Waals surface area (Å²) in [6.07, 6.45) is 0. The highest BCUT2D eigenvalue weighted by Crippen LogP contribution is 2.44. The van der Waals surface area contributed by atoms with Crippen LogP contribution in [0, 0.1) is 0 Å². The number of aromatic nitrogens is 5. The molecule has 3 heterocycles. The number of nitrogens with zero attached hydrogens (tertiary/aromatic N) is 5. The van der Waals surface area contributed by atoms with E-state index in [-0.39, 0.29) is 0 Å². The summed E-state index contributed by atoms with van der Waals surface area (Å²) < 4.78 is 4.89. The topological polar surface area (TPSA) is 48.5 Å². The first-order valence-corrected chi connectivity index (χ1v) is 21.0. The summed E-state index contributed by atoms with van der Waals surface area (Å²) in [6, 6.07) is 75.8. The molecule has 0 saturated heterocycles. The van der Waals surface area contributed by atoms with Crippen LogP contribution >= 0.6 is 0 Å². The van der Waals surface area contributed by atoms with Crippen molar-refractivity contribution in [1.29, 1.82) is 0 Å². The predicted molar refractivity (Wildman–Crippen MR) is 257 cm³/mol. The number of hydrogen-bond donors (Lipinski definition) is 0. The van der Waals surface area contributed by atoms with Crippen molar-refractivity contribution in [2.75, 3.05) is 0 Å². The van der Waals surface area contributed by atoms with E-state index in [0.717, 1.165) is 44.5 Å². The average molecular weight is 790 g/mol. The molecule has 0 N–H and O–H groups in total. The zero-order valence-electron chi connectivity index (χ0n) is 33.4. The Labute approximate surface area is 356 Å². The summed E-state index contributed by atoms with van der Waals surface area (Å²) in [4.78, 5) is 15.6. The first kappa shape index (κ1) is 34.5. The SMILES string of the molecule is c1ccc(-c2nc(-c3ccccc3)nc(-c3cc(-n4c5ccccc5c5ccc(-n6c7ccccc7c7ccccc76)cc54)c4c5ccccc5c5ccccc5c4c3)n2)cc1. The number of para-hydroxylation sites is 3. The van der Waals surface area contributed by atoms with Gasteiger partial charge < -0.3 is 9.13 Å². The van der Waals surface area contributed by atoms with Crippen molar-refractivity contribution in [2.24, 2.45) is 0 Å². The molecule has 13 rings (SSSR count). The summed E-state index contributed by atoms with van der Waals surface area (Å²) >= 11 is 0. The highest BCUT2D eigenvalue weighted by atomic mass is 15.0. The third-order valence-corrected chi connectivity index (χ3v) is 12.5. The van der Waals surface area contributed by atoms with Crippen molar-refractivity contribution in [3.63, 3.8) is 0 Å². The molecule has 62 heavy (non-hydrogen) atoms. The molecule has 0 bridgehead atoms. The second kappa shape index (κ2) is 13.6. The molecule has 0 saturated carbocycles. The van der Waals surface area contributed by atoms with Crippen molar-refractivity contribution >= 4 is 75.9 Å². The van der Waals surface area contributed by atoms with Gasteiger partial charge in [-0.05, 0) is 69.4 Å². The fraction of sp³-hybridized carbons (Fsp3) is 0. The van der Waals surface area contributed by atoms with Crippen LogP contribution in [0.1, 0.15) is 0 Å². The van der Waals surface area contributed by atoms with Crippen LogP contribution in [0.5, 0.6) is 0 Å². The molecule has 0 fully saturated rings. The zero-order chi connectivity index (χ0) is 40.7. The maximum absolute atomic E-state index is 5.27. The summed E-state index contributed by atoms with van der Waals surface area (Å²) in [5, 5.41) is 12.0. The van der Waals surface area contributed by atoms with Crippen molar-refractivity contribution in [2.45, 2.75) is 0 Å². The lowest BCUT2D eigenvalue weighted by Crippen LogP contribution is -2.02. The predicted octanol–water partition coefficient (Wildman–Crippen LogP) is 14.5. The van der Waals surface area contributed by atoms with E-state index < -0.39 is 0 Å². The molecule has 0 aliphatic rings. The molecule has 0 amide bonds. The van der Waals surface area contributed by atoms with Gasteiger partial charge in [0.1, 0.15) is 0 Å². The fourth-order valence-corrected chi connectivity index (χ4v) is 9.81. The molecular weight excluding hydrogens is 755 g/mol. The van der Waals surface area contributed by atoms with E-state index >= 15 is 0 Å². The Hall–Kier alpha value is -8.41. The van der Waals surface area contributed by atoms with Crippen molar-refractivity contribution in [3.8, 4) is 45.5 Å². The van der Waals surface area contributed by atoms with Gasteiger partial charge in [0.2, 0.25) is 0 Å². The van der Waals surface area contributed by atoms with Crippen LogP contribution < -0.4 is 0 Å². The van der Waals surface area contributed by atoms with Crippen molar-refractivity contribution in [1.82, 2.24) is 24.1 Å². The number of benzene rings is 10. The van der Waals surface area contributed by atoms with Gasteiger partial charge in [0, 0.05) is 49.3 Å². The minimum Gasteiger partial charge on any atom is -0.309 e. The Morgan fingerprint density at radius 1 is 0.258 bits per heavy atom. The monoisotopic (exact) mass is 789 g/mol. The second-order valence-electron chi connectivity index (χ2n) is 16.0. The van der Waals surface area contributed by atoms with Crippen LogP contribution in [0.15, 0.2) is 212 Å². The number of fused-ring (bicyclic) bond motifs is 12. The van der Waals surface area contributed by atoms with Gasteiger partial charge in [0.25, 0.3) is 0 Å². The fourth-order valence-electron chi connectivity index (χ4n) is 9.81. The van der Waals surface area contributed by atoms with E-state index in [1.165, 1.54) is 59.5 Å². The minimum absolute atomic E-state index is 0.616. The molecule has 0 aliphatic carbocycles.